The van der Waals surface area contributed by atoms with Gasteiger partial charge in [-0.15, -0.1) is 0 Å². The van der Waals surface area contributed by atoms with Gasteiger partial charge in [-0.25, -0.2) is 4.98 Å². The zero-order valence-corrected chi connectivity index (χ0v) is 16.5. The van der Waals surface area contributed by atoms with Crippen LogP contribution in [0.25, 0.3) is 11.0 Å². The van der Waals surface area contributed by atoms with E-state index in [9.17, 15) is 4.79 Å². The Bertz CT molecular complexity index is 1000. The highest BCUT2D eigenvalue weighted by Crippen LogP contribution is 2.40. The molecule has 4 rings (SSSR count). The van der Waals surface area contributed by atoms with E-state index in [1.807, 2.05) is 20.0 Å². The molecule has 142 valence electrons. The van der Waals surface area contributed by atoms with E-state index in [1.165, 1.54) is 0 Å². The maximum atomic E-state index is 13.0. The summed E-state index contributed by atoms with van der Waals surface area (Å²) < 4.78 is 3.55. The summed E-state index contributed by atoms with van der Waals surface area (Å²) in [6.45, 7) is 5.24. The zero-order valence-electron chi connectivity index (χ0n) is 15.7. The molecular weight excluding hydrogens is 364 g/mol. The minimum Gasteiger partial charge on any atom is -0.352 e. The number of carbonyl (C=O) groups is 1. The van der Waals surface area contributed by atoms with Gasteiger partial charge in [0.1, 0.15) is 0 Å². The van der Waals surface area contributed by atoms with Crippen molar-refractivity contribution in [2.24, 2.45) is 13.0 Å². The Hall–Kier alpha value is -2.41. The van der Waals surface area contributed by atoms with Crippen molar-refractivity contribution in [3.8, 4) is 0 Å². The highest BCUT2D eigenvalue weighted by Gasteiger charge is 2.28. The average Bonchev–Trinajstić information content (AvgIpc) is 3.35. The van der Waals surface area contributed by atoms with Crippen molar-refractivity contribution in [3.05, 3.63) is 40.4 Å². The molecule has 0 radical (unpaired) electrons. The lowest BCUT2D eigenvalue weighted by Crippen LogP contribution is -2.30. The third kappa shape index (κ3) is 3.69. The number of pyridine rings is 1. The number of aryl methyl sites for hydroxylation is 2. The molecule has 7 nitrogen and oxygen atoms in total. The van der Waals surface area contributed by atoms with Crippen molar-refractivity contribution in [3.63, 3.8) is 0 Å². The van der Waals surface area contributed by atoms with Crippen molar-refractivity contribution in [2.75, 3.05) is 6.54 Å². The van der Waals surface area contributed by atoms with Crippen LogP contribution in [-0.4, -0.2) is 37.0 Å². The quantitative estimate of drug-likeness (QED) is 0.706. The van der Waals surface area contributed by atoms with Crippen LogP contribution in [0.5, 0.6) is 0 Å². The van der Waals surface area contributed by atoms with E-state index in [1.54, 1.807) is 21.8 Å². The lowest BCUT2D eigenvalue weighted by Gasteiger charge is -2.14. The van der Waals surface area contributed by atoms with Gasteiger partial charge in [0, 0.05) is 37.9 Å². The fraction of sp³-hybridized carbons (Fsp3) is 0.474. The molecule has 0 unspecified atom stereocenters. The molecule has 1 amide bonds. The summed E-state index contributed by atoms with van der Waals surface area (Å²) in [7, 11) is 1.87. The lowest BCUT2D eigenvalue weighted by molar-refractivity contribution is 0.0948. The summed E-state index contributed by atoms with van der Waals surface area (Å²) in [5.74, 6) is 0.616. The minimum atomic E-state index is -0.0780. The maximum absolute atomic E-state index is 13.0. The number of hydrogen-bond donors (Lipinski definition) is 1. The number of hydrogen-bond acceptors (Lipinski definition) is 4. The van der Waals surface area contributed by atoms with Crippen LogP contribution in [0.15, 0.2) is 18.5 Å². The first-order chi connectivity index (χ1) is 12.9. The van der Waals surface area contributed by atoms with E-state index in [2.05, 4.69) is 22.4 Å². The summed E-state index contributed by atoms with van der Waals surface area (Å²) in [5.41, 5.74) is 3.27. The van der Waals surface area contributed by atoms with E-state index < -0.39 is 0 Å². The number of amides is 1. The zero-order chi connectivity index (χ0) is 19.1. The second-order valence-electron chi connectivity index (χ2n) is 7.47. The smallest absolute Gasteiger partial charge is 0.252 e. The molecule has 1 atom stereocenters. The fourth-order valence-corrected chi connectivity index (χ4v) is 3.57. The molecule has 0 saturated heterocycles. The first kappa shape index (κ1) is 18.0. The highest BCUT2D eigenvalue weighted by atomic mass is 35.5. The highest BCUT2D eigenvalue weighted by molar-refractivity contribution is 6.30. The van der Waals surface area contributed by atoms with Gasteiger partial charge in [0.25, 0.3) is 5.91 Å². The molecular formula is C19H23ClN6O. The third-order valence-corrected chi connectivity index (χ3v) is 5.14. The summed E-state index contributed by atoms with van der Waals surface area (Å²) >= 11 is 5.90. The lowest BCUT2D eigenvalue weighted by atomic mass is 10.1. The van der Waals surface area contributed by atoms with E-state index in [-0.39, 0.29) is 11.8 Å². The van der Waals surface area contributed by atoms with Gasteiger partial charge >= 0.3 is 0 Å². The van der Waals surface area contributed by atoms with Gasteiger partial charge in [-0.3, -0.25) is 14.2 Å². The molecule has 3 aromatic rings. The van der Waals surface area contributed by atoms with Crippen molar-refractivity contribution < 1.29 is 4.79 Å². The molecule has 0 aliphatic heterocycles. The van der Waals surface area contributed by atoms with Crippen molar-refractivity contribution >= 4 is 28.5 Å². The van der Waals surface area contributed by atoms with Crippen LogP contribution in [0.1, 0.15) is 47.4 Å². The second-order valence-corrected chi connectivity index (χ2v) is 7.91. The Balaban J connectivity index is 1.53. The van der Waals surface area contributed by atoms with Crippen LogP contribution in [-0.2, 0) is 13.6 Å². The topological polar surface area (TPSA) is 77.6 Å². The van der Waals surface area contributed by atoms with E-state index in [0.717, 1.165) is 35.3 Å². The standard InChI is InChI=1S/C19H23ClN6O/c1-11(9-26-10-14(20)8-22-26)7-21-19(27)15-6-16(13-4-5-13)23-18-17(15)12(2)24-25(18)3/h6,8,10-11,13H,4-5,7,9H2,1-3H3,(H,21,27)/t11-/m1/s1. The minimum absolute atomic E-state index is 0.0780. The molecule has 1 aliphatic rings. The molecule has 1 aliphatic carbocycles. The van der Waals surface area contributed by atoms with Crippen LogP contribution in [0, 0.1) is 12.8 Å². The van der Waals surface area contributed by atoms with Crippen LogP contribution >= 0.6 is 11.6 Å². The molecule has 8 heteroatoms. The largest absolute Gasteiger partial charge is 0.352 e. The first-order valence-electron chi connectivity index (χ1n) is 9.22. The number of nitrogens with one attached hydrogen (secondary N) is 1. The van der Waals surface area contributed by atoms with Crippen LogP contribution in [0.4, 0.5) is 0 Å². The van der Waals surface area contributed by atoms with Crippen LogP contribution in [0.3, 0.4) is 0 Å². The van der Waals surface area contributed by atoms with E-state index in [0.29, 0.717) is 29.6 Å². The molecule has 1 fully saturated rings. The van der Waals surface area contributed by atoms with Crippen LogP contribution in [0.2, 0.25) is 5.02 Å². The monoisotopic (exact) mass is 386 g/mol. The number of rotatable bonds is 6. The Labute approximate surface area is 162 Å². The van der Waals surface area contributed by atoms with Gasteiger partial charge < -0.3 is 5.32 Å². The average molecular weight is 387 g/mol. The van der Waals surface area contributed by atoms with E-state index in [4.69, 9.17) is 16.6 Å². The summed E-state index contributed by atoms with van der Waals surface area (Å²) in [6.07, 6.45) is 5.68. The molecule has 27 heavy (non-hydrogen) atoms. The summed E-state index contributed by atoms with van der Waals surface area (Å²) in [6, 6.07) is 1.95. The van der Waals surface area contributed by atoms with Gasteiger partial charge in [0.15, 0.2) is 5.65 Å². The predicted molar refractivity (Wildman–Crippen MR) is 104 cm³/mol. The molecule has 0 aromatic carbocycles. The van der Waals surface area contributed by atoms with Gasteiger partial charge in [0.2, 0.25) is 0 Å². The molecule has 0 bridgehead atoms. The molecule has 0 spiro atoms. The van der Waals surface area contributed by atoms with Crippen molar-refractivity contribution in [2.45, 2.75) is 39.2 Å². The summed E-state index contributed by atoms with van der Waals surface area (Å²) in [5, 5.41) is 13.2. The third-order valence-electron chi connectivity index (χ3n) is 4.94. The van der Waals surface area contributed by atoms with Crippen molar-refractivity contribution in [1.82, 2.24) is 29.9 Å². The molecule has 1 N–H and O–H groups in total. The second kappa shape index (κ2) is 6.96. The first-order valence-corrected chi connectivity index (χ1v) is 9.60. The Morgan fingerprint density at radius 3 is 2.89 bits per heavy atom. The molecule has 3 aromatic heterocycles. The molecule has 3 heterocycles. The van der Waals surface area contributed by atoms with Gasteiger partial charge in [-0.2, -0.15) is 10.2 Å². The maximum Gasteiger partial charge on any atom is 0.252 e. The Morgan fingerprint density at radius 1 is 1.44 bits per heavy atom. The normalized spacial score (nSPS) is 15.3. The van der Waals surface area contributed by atoms with Crippen molar-refractivity contribution in [1.29, 1.82) is 0 Å². The Morgan fingerprint density at radius 2 is 2.22 bits per heavy atom. The SMILES string of the molecule is Cc1nn(C)c2nc(C3CC3)cc(C(=O)NC[C@@H](C)Cn3cc(Cl)cn3)c12. The number of halogens is 1. The number of aromatic nitrogens is 5. The van der Waals surface area contributed by atoms with Crippen LogP contribution < -0.4 is 5.32 Å². The van der Waals surface area contributed by atoms with Gasteiger partial charge in [0.05, 0.1) is 27.9 Å². The number of nitrogens with zero attached hydrogens (tertiary/aromatic N) is 5. The Kier molecular flexibility index (Phi) is 4.63. The van der Waals surface area contributed by atoms with Gasteiger partial charge in [-0.05, 0) is 31.7 Å². The fourth-order valence-electron chi connectivity index (χ4n) is 3.42. The van der Waals surface area contributed by atoms with Gasteiger partial charge in [-0.1, -0.05) is 18.5 Å². The number of carbonyl (C=O) groups excluding carboxylic acids is 1. The summed E-state index contributed by atoms with van der Waals surface area (Å²) in [4.78, 5) is 17.7. The molecule has 1 saturated carbocycles. The predicted octanol–water partition coefficient (Wildman–Crippen LogP) is 3.07. The van der Waals surface area contributed by atoms with E-state index >= 15 is 0 Å². The number of fused-ring (bicyclic) bond motifs is 1.